The largest absolute Gasteiger partial charge is 0.341 e. The van der Waals surface area contributed by atoms with Gasteiger partial charge in [-0.15, -0.1) is 0 Å². The van der Waals surface area contributed by atoms with Gasteiger partial charge >= 0.3 is 0 Å². The summed E-state index contributed by atoms with van der Waals surface area (Å²) < 4.78 is 5.06. The van der Waals surface area contributed by atoms with Gasteiger partial charge in [-0.25, -0.2) is 0 Å². The lowest BCUT2D eigenvalue weighted by Gasteiger charge is -2.34. The molecule has 1 aromatic rings. The zero-order valence-electron chi connectivity index (χ0n) is 14.5. The van der Waals surface area contributed by atoms with Gasteiger partial charge in [-0.1, -0.05) is 18.0 Å². The molecular weight excluding hydrogens is 304 g/mol. The lowest BCUT2D eigenvalue weighted by molar-refractivity contribution is -0.135. The maximum atomic E-state index is 13.0. The minimum absolute atomic E-state index is 0.0456. The van der Waals surface area contributed by atoms with Gasteiger partial charge in [-0.05, 0) is 43.9 Å². The van der Waals surface area contributed by atoms with Crippen LogP contribution in [0.3, 0.4) is 0 Å². The summed E-state index contributed by atoms with van der Waals surface area (Å²) >= 11 is 0. The van der Waals surface area contributed by atoms with E-state index in [1.54, 1.807) is 0 Å². The molecule has 0 bridgehead atoms. The van der Waals surface area contributed by atoms with Gasteiger partial charge in [0.2, 0.25) is 11.8 Å². The van der Waals surface area contributed by atoms with E-state index in [-0.39, 0.29) is 6.04 Å². The monoisotopic (exact) mass is 332 g/mol. The van der Waals surface area contributed by atoms with Crippen LogP contribution in [0.15, 0.2) is 4.52 Å². The molecule has 1 amide bonds. The first-order valence-electron chi connectivity index (χ1n) is 9.53. The molecule has 0 unspecified atom stereocenters. The number of aryl methyl sites for hydroxylation is 1. The summed E-state index contributed by atoms with van der Waals surface area (Å²) in [5.41, 5.74) is 0. The van der Waals surface area contributed by atoms with Crippen LogP contribution in [-0.2, 0) is 11.2 Å². The van der Waals surface area contributed by atoms with E-state index in [9.17, 15) is 4.79 Å². The molecule has 132 valence electrons. The summed E-state index contributed by atoms with van der Waals surface area (Å²) in [6.07, 6.45) is 9.24. The Hall–Kier alpha value is -1.43. The number of amides is 1. The van der Waals surface area contributed by atoms with Crippen molar-refractivity contribution in [2.75, 3.05) is 13.1 Å². The summed E-state index contributed by atoms with van der Waals surface area (Å²) in [4.78, 5) is 19.3. The Balaban J connectivity index is 1.34. The van der Waals surface area contributed by atoms with Gasteiger partial charge < -0.3 is 14.7 Å². The number of nitrogens with one attached hydrogen (secondary N) is 1. The second-order valence-electron chi connectivity index (χ2n) is 7.83. The molecule has 3 aliphatic rings. The van der Waals surface area contributed by atoms with E-state index in [2.05, 4.69) is 20.4 Å². The third kappa shape index (κ3) is 3.34. The minimum Gasteiger partial charge on any atom is -0.341 e. The molecule has 4 rings (SSSR count). The fourth-order valence-corrected chi connectivity index (χ4v) is 4.85. The second-order valence-corrected chi connectivity index (χ2v) is 7.83. The highest BCUT2D eigenvalue weighted by Gasteiger charge is 2.40. The van der Waals surface area contributed by atoms with Crippen LogP contribution in [0.1, 0.15) is 56.7 Å². The van der Waals surface area contributed by atoms with Crippen LogP contribution in [0.5, 0.6) is 0 Å². The normalized spacial score (nSPS) is 33.5. The minimum atomic E-state index is 0.0456. The van der Waals surface area contributed by atoms with Gasteiger partial charge in [0.15, 0.2) is 5.82 Å². The van der Waals surface area contributed by atoms with Gasteiger partial charge in [0.1, 0.15) is 0 Å². The Labute approximate surface area is 143 Å². The molecule has 1 N–H and O–H groups in total. The van der Waals surface area contributed by atoms with Crippen molar-refractivity contribution in [1.29, 1.82) is 0 Å². The number of fused-ring (bicyclic) bond motifs is 1. The van der Waals surface area contributed by atoms with Crippen molar-refractivity contribution in [3.05, 3.63) is 11.7 Å². The SMILES string of the molecule is Cc1nc(C[C@@H]2CCCN(C(=O)[C@@H]3C[C@@H]4CCCC[C@H]4N3)C2)no1. The van der Waals surface area contributed by atoms with E-state index in [1.165, 1.54) is 25.7 Å². The molecule has 6 nitrogen and oxygen atoms in total. The lowest BCUT2D eigenvalue weighted by atomic mass is 9.85. The van der Waals surface area contributed by atoms with Crippen molar-refractivity contribution >= 4 is 5.91 Å². The van der Waals surface area contributed by atoms with Gasteiger partial charge in [-0.2, -0.15) is 4.98 Å². The Kier molecular flexibility index (Phi) is 4.57. The number of hydrogen-bond donors (Lipinski definition) is 1. The van der Waals surface area contributed by atoms with Crippen LogP contribution in [0.2, 0.25) is 0 Å². The van der Waals surface area contributed by atoms with E-state index < -0.39 is 0 Å². The molecule has 24 heavy (non-hydrogen) atoms. The number of carbonyl (C=O) groups excluding carboxylic acids is 1. The molecule has 3 fully saturated rings. The first-order chi connectivity index (χ1) is 11.7. The number of piperidine rings is 1. The predicted molar refractivity (Wildman–Crippen MR) is 89.3 cm³/mol. The van der Waals surface area contributed by atoms with Crippen LogP contribution in [0, 0.1) is 18.8 Å². The van der Waals surface area contributed by atoms with Crippen LogP contribution >= 0.6 is 0 Å². The average molecular weight is 332 g/mol. The summed E-state index contributed by atoms with van der Waals surface area (Å²) in [7, 11) is 0. The number of hydrogen-bond acceptors (Lipinski definition) is 5. The van der Waals surface area contributed by atoms with Crippen molar-refractivity contribution in [3.63, 3.8) is 0 Å². The van der Waals surface area contributed by atoms with Crippen molar-refractivity contribution in [2.45, 2.75) is 70.4 Å². The summed E-state index contributed by atoms with van der Waals surface area (Å²) in [6, 6.07) is 0.625. The second kappa shape index (κ2) is 6.82. The van der Waals surface area contributed by atoms with E-state index in [0.29, 0.717) is 23.8 Å². The topological polar surface area (TPSA) is 71.3 Å². The Morgan fingerprint density at radius 1 is 1.29 bits per heavy atom. The fraction of sp³-hybridized carbons (Fsp3) is 0.833. The molecule has 3 heterocycles. The highest BCUT2D eigenvalue weighted by atomic mass is 16.5. The van der Waals surface area contributed by atoms with Crippen LogP contribution in [-0.4, -0.2) is 46.1 Å². The van der Waals surface area contributed by atoms with Crippen molar-refractivity contribution < 1.29 is 9.32 Å². The van der Waals surface area contributed by atoms with Crippen molar-refractivity contribution in [3.8, 4) is 0 Å². The third-order valence-electron chi connectivity index (χ3n) is 6.03. The maximum absolute atomic E-state index is 13.0. The molecule has 1 aromatic heterocycles. The summed E-state index contributed by atoms with van der Waals surface area (Å²) in [5, 5.41) is 7.63. The summed E-state index contributed by atoms with van der Waals surface area (Å²) in [6.45, 7) is 3.55. The molecule has 6 heteroatoms. The maximum Gasteiger partial charge on any atom is 0.239 e. The Bertz CT molecular complexity index is 573. The molecule has 2 aliphatic heterocycles. The fourth-order valence-electron chi connectivity index (χ4n) is 4.85. The first kappa shape index (κ1) is 16.1. The van der Waals surface area contributed by atoms with Gasteiger partial charge in [0.25, 0.3) is 0 Å². The molecular formula is C18H28N4O2. The highest BCUT2D eigenvalue weighted by Crippen LogP contribution is 2.34. The Morgan fingerprint density at radius 3 is 2.96 bits per heavy atom. The lowest BCUT2D eigenvalue weighted by Crippen LogP contribution is -2.49. The Morgan fingerprint density at radius 2 is 2.17 bits per heavy atom. The molecule has 1 aliphatic carbocycles. The number of carbonyl (C=O) groups is 1. The molecule has 0 spiro atoms. The standard InChI is InChI=1S/C18H28N4O2/c1-12-19-17(21-24-12)9-13-5-4-8-22(11-13)18(23)16-10-14-6-2-3-7-15(14)20-16/h13-16,20H,2-11H2,1H3/t13-,14-,15+,16-/m0/s1. The molecule has 4 atom stereocenters. The van der Waals surface area contributed by atoms with E-state index in [1.807, 2.05) is 6.92 Å². The zero-order chi connectivity index (χ0) is 16.5. The predicted octanol–water partition coefficient (Wildman–Crippen LogP) is 2.08. The van der Waals surface area contributed by atoms with Gasteiger partial charge in [0, 0.05) is 32.5 Å². The third-order valence-corrected chi connectivity index (χ3v) is 6.03. The molecule has 0 aromatic carbocycles. The van der Waals surface area contributed by atoms with Crippen molar-refractivity contribution in [2.24, 2.45) is 11.8 Å². The number of rotatable bonds is 3. The van der Waals surface area contributed by atoms with Crippen LogP contribution in [0.4, 0.5) is 0 Å². The van der Waals surface area contributed by atoms with Gasteiger partial charge in [-0.3, -0.25) is 4.79 Å². The average Bonchev–Trinajstić information content (AvgIpc) is 3.20. The van der Waals surface area contributed by atoms with E-state index in [0.717, 1.165) is 50.5 Å². The molecule has 0 radical (unpaired) electrons. The number of nitrogens with zero attached hydrogens (tertiary/aromatic N) is 3. The molecule has 2 saturated heterocycles. The van der Waals surface area contributed by atoms with Crippen LogP contribution < -0.4 is 5.32 Å². The first-order valence-corrected chi connectivity index (χ1v) is 9.53. The smallest absolute Gasteiger partial charge is 0.239 e. The summed E-state index contributed by atoms with van der Waals surface area (Å²) in [5.74, 6) is 2.88. The number of likely N-dealkylation sites (tertiary alicyclic amines) is 1. The quantitative estimate of drug-likeness (QED) is 0.917. The van der Waals surface area contributed by atoms with Gasteiger partial charge in [0.05, 0.1) is 6.04 Å². The van der Waals surface area contributed by atoms with Crippen LogP contribution in [0.25, 0.3) is 0 Å². The highest BCUT2D eigenvalue weighted by molar-refractivity contribution is 5.82. The number of aromatic nitrogens is 2. The van der Waals surface area contributed by atoms with E-state index in [4.69, 9.17) is 4.52 Å². The zero-order valence-corrected chi connectivity index (χ0v) is 14.5. The molecule has 1 saturated carbocycles. The van der Waals surface area contributed by atoms with E-state index >= 15 is 0 Å². The van der Waals surface area contributed by atoms with Crippen molar-refractivity contribution in [1.82, 2.24) is 20.4 Å².